The van der Waals surface area contributed by atoms with Gasteiger partial charge in [0, 0.05) is 5.39 Å². The van der Waals surface area contributed by atoms with Crippen LogP contribution in [-0.4, -0.2) is 28.1 Å². The van der Waals surface area contributed by atoms with Crippen LogP contribution in [0.1, 0.15) is 30.6 Å². The lowest BCUT2D eigenvalue weighted by Crippen LogP contribution is -2.48. The zero-order valence-corrected chi connectivity index (χ0v) is 12.2. The highest BCUT2D eigenvalue weighted by Gasteiger charge is 2.25. The van der Waals surface area contributed by atoms with Crippen molar-refractivity contribution in [2.45, 2.75) is 25.8 Å². The van der Waals surface area contributed by atoms with Crippen LogP contribution >= 0.6 is 11.6 Å². The molecule has 1 heterocycles. The van der Waals surface area contributed by atoms with Crippen molar-refractivity contribution < 1.29 is 9.90 Å². The average molecular weight is 293 g/mol. The second-order valence-electron chi connectivity index (χ2n) is 5.04. The number of para-hydroxylation sites is 1. The van der Waals surface area contributed by atoms with Crippen LogP contribution in [0, 0.1) is 0 Å². The van der Waals surface area contributed by atoms with Gasteiger partial charge in [-0.25, -0.2) is 4.98 Å². The van der Waals surface area contributed by atoms with E-state index in [1.54, 1.807) is 13.0 Å². The van der Waals surface area contributed by atoms with Crippen LogP contribution in [0.3, 0.4) is 0 Å². The molecule has 1 unspecified atom stereocenters. The maximum absolute atomic E-state index is 12.4. The summed E-state index contributed by atoms with van der Waals surface area (Å²) in [5, 5.41) is 13.3. The Hall–Kier alpha value is -1.65. The van der Waals surface area contributed by atoms with E-state index < -0.39 is 5.54 Å². The number of nitrogens with zero attached hydrogens (tertiary/aromatic N) is 1. The fourth-order valence-corrected chi connectivity index (χ4v) is 2.11. The average Bonchev–Trinajstić information content (AvgIpc) is 2.46. The number of aliphatic hydroxyl groups is 1. The molecule has 106 valence electrons. The Morgan fingerprint density at radius 3 is 2.80 bits per heavy atom. The summed E-state index contributed by atoms with van der Waals surface area (Å²) in [4.78, 5) is 16.6. The number of amides is 1. The molecule has 5 heteroatoms. The number of carbonyl (C=O) groups excluding carboxylic acids is 1. The van der Waals surface area contributed by atoms with Crippen LogP contribution < -0.4 is 5.32 Å². The van der Waals surface area contributed by atoms with E-state index in [0.717, 1.165) is 5.39 Å². The molecule has 0 aliphatic carbocycles. The third kappa shape index (κ3) is 2.92. The first-order chi connectivity index (χ1) is 9.49. The van der Waals surface area contributed by atoms with Gasteiger partial charge in [-0.15, -0.1) is 0 Å². The largest absolute Gasteiger partial charge is 0.394 e. The molecule has 20 heavy (non-hydrogen) atoms. The van der Waals surface area contributed by atoms with Gasteiger partial charge in [0.1, 0.15) is 5.15 Å². The highest BCUT2D eigenvalue weighted by Crippen LogP contribution is 2.21. The molecular weight excluding hydrogens is 276 g/mol. The fourth-order valence-electron chi connectivity index (χ4n) is 1.91. The lowest BCUT2D eigenvalue weighted by atomic mass is 9.99. The fraction of sp³-hybridized carbons (Fsp3) is 0.333. The SMILES string of the molecule is CCC(C)(CO)NC(=O)c1cc(Cl)nc2ccccc12. The number of fused-ring (bicyclic) bond motifs is 1. The van der Waals surface area contributed by atoms with Crippen molar-refractivity contribution in [1.82, 2.24) is 10.3 Å². The van der Waals surface area contributed by atoms with E-state index in [-0.39, 0.29) is 17.7 Å². The van der Waals surface area contributed by atoms with Crippen molar-refractivity contribution in [3.05, 3.63) is 41.0 Å². The zero-order chi connectivity index (χ0) is 14.8. The molecule has 0 fully saturated rings. The topological polar surface area (TPSA) is 62.2 Å². The number of pyridine rings is 1. The van der Waals surface area contributed by atoms with Gasteiger partial charge >= 0.3 is 0 Å². The summed E-state index contributed by atoms with van der Waals surface area (Å²) in [6, 6.07) is 8.88. The smallest absolute Gasteiger partial charge is 0.252 e. The van der Waals surface area contributed by atoms with Gasteiger partial charge in [-0.2, -0.15) is 0 Å². The summed E-state index contributed by atoms with van der Waals surface area (Å²) in [6.45, 7) is 3.59. The molecule has 1 atom stereocenters. The van der Waals surface area contributed by atoms with Crippen LogP contribution in [-0.2, 0) is 0 Å². The minimum absolute atomic E-state index is 0.119. The Labute approximate surface area is 122 Å². The Morgan fingerprint density at radius 1 is 1.45 bits per heavy atom. The van der Waals surface area contributed by atoms with E-state index in [4.69, 9.17) is 11.6 Å². The molecule has 0 saturated carbocycles. The lowest BCUT2D eigenvalue weighted by Gasteiger charge is -2.27. The first kappa shape index (κ1) is 14.8. The van der Waals surface area contributed by atoms with Crippen LogP contribution in [0.2, 0.25) is 5.15 Å². The second-order valence-corrected chi connectivity index (χ2v) is 5.42. The molecule has 0 saturated heterocycles. The van der Waals surface area contributed by atoms with E-state index in [2.05, 4.69) is 10.3 Å². The van der Waals surface area contributed by atoms with E-state index in [9.17, 15) is 9.90 Å². The summed E-state index contributed by atoms with van der Waals surface area (Å²) in [5.41, 5.74) is 0.495. The molecule has 2 aromatic rings. The number of aliphatic hydroxyl groups excluding tert-OH is 1. The van der Waals surface area contributed by atoms with E-state index in [1.807, 2.05) is 31.2 Å². The quantitative estimate of drug-likeness (QED) is 0.852. The number of benzene rings is 1. The molecule has 2 N–H and O–H groups in total. The number of hydrogen-bond acceptors (Lipinski definition) is 3. The van der Waals surface area contributed by atoms with Gasteiger partial charge in [0.25, 0.3) is 5.91 Å². The Balaban J connectivity index is 2.44. The molecule has 1 aromatic heterocycles. The highest BCUT2D eigenvalue weighted by atomic mass is 35.5. The number of halogens is 1. The monoisotopic (exact) mass is 292 g/mol. The van der Waals surface area contributed by atoms with Crippen LogP contribution in [0.25, 0.3) is 10.9 Å². The van der Waals surface area contributed by atoms with Gasteiger partial charge in [-0.05, 0) is 25.5 Å². The zero-order valence-electron chi connectivity index (χ0n) is 11.5. The summed E-state index contributed by atoms with van der Waals surface area (Å²) >= 11 is 5.97. The first-order valence-corrected chi connectivity index (χ1v) is 6.85. The van der Waals surface area contributed by atoms with Crippen LogP contribution in [0.5, 0.6) is 0 Å². The third-order valence-electron chi connectivity index (χ3n) is 3.47. The molecule has 1 amide bonds. The number of carbonyl (C=O) groups is 1. The Kier molecular flexibility index (Phi) is 4.26. The van der Waals surface area contributed by atoms with Gasteiger partial charge in [-0.3, -0.25) is 4.79 Å². The molecule has 0 aliphatic rings. The minimum atomic E-state index is -0.645. The normalized spacial score (nSPS) is 14.0. The predicted octanol–water partition coefficient (Wildman–Crippen LogP) is 2.78. The highest BCUT2D eigenvalue weighted by molar-refractivity contribution is 6.30. The van der Waals surface area contributed by atoms with Crippen molar-refractivity contribution in [3.8, 4) is 0 Å². The predicted molar refractivity (Wildman–Crippen MR) is 80.0 cm³/mol. The van der Waals surface area contributed by atoms with Crippen molar-refractivity contribution in [1.29, 1.82) is 0 Å². The summed E-state index contributed by atoms with van der Waals surface area (Å²) in [6.07, 6.45) is 0.631. The second kappa shape index (κ2) is 5.77. The van der Waals surface area contributed by atoms with Crippen LogP contribution in [0.4, 0.5) is 0 Å². The summed E-state index contributed by atoms with van der Waals surface area (Å²) < 4.78 is 0. The van der Waals surface area contributed by atoms with Crippen LogP contribution in [0.15, 0.2) is 30.3 Å². The number of nitrogens with one attached hydrogen (secondary N) is 1. The third-order valence-corrected chi connectivity index (χ3v) is 3.67. The molecule has 0 radical (unpaired) electrons. The molecular formula is C15H17ClN2O2. The standard InChI is InChI=1S/C15H17ClN2O2/c1-3-15(2,9-19)18-14(20)11-8-13(16)17-12-7-5-4-6-10(11)12/h4-8,19H,3,9H2,1-2H3,(H,18,20). The Morgan fingerprint density at radius 2 is 2.15 bits per heavy atom. The van der Waals surface area contributed by atoms with E-state index in [0.29, 0.717) is 17.5 Å². The van der Waals surface area contributed by atoms with Crippen molar-refractivity contribution in [2.24, 2.45) is 0 Å². The molecule has 2 rings (SSSR count). The van der Waals surface area contributed by atoms with Gasteiger partial charge < -0.3 is 10.4 Å². The van der Waals surface area contributed by atoms with Gasteiger partial charge in [0.2, 0.25) is 0 Å². The molecule has 0 aliphatic heterocycles. The molecule has 1 aromatic carbocycles. The van der Waals surface area contributed by atoms with Gasteiger partial charge in [0.05, 0.1) is 23.2 Å². The van der Waals surface area contributed by atoms with Crippen molar-refractivity contribution >= 4 is 28.4 Å². The minimum Gasteiger partial charge on any atom is -0.394 e. The summed E-state index contributed by atoms with van der Waals surface area (Å²) in [5.74, 6) is -0.260. The lowest BCUT2D eigenvalue weighted by molar-refractivity contribution is 0.0849. The summed E-state index contributed by atoms with van der Waals surface area (Å²) in [7, 11) is 0. The first-order valence-electron chi connectivity index (χ1n) is 6.48. The molecule has 0 spiro atoms. The van der Waals surface area contributed by atoms with E-state index >= 15 is 0 Å². The Bertz CT molecular complexity index is 639. The number of rotatable bonds is 4. The van der Waals surface area contributed by atoms with E-state index in [1.165, 1.54) is 0 Å². The number of hydrogen-bond donors (Lipinski definition) is 2. The van der Waals surface area contributed by atoms with Gasteiger partial charge in [-0.1, -0.05) is 36.7 Å². The molecule has 0 bridgehead atoms. The number of aromatic nitrogens is 1. The van der Waals surface area contributed by atoms with Gasteiger partial charge in [0.15, 0.2) is 0 Å². The maximum atomic E-state index is 12.4. The molecule has 4 nitrogen and oxygen atoms in total. The van der Waals surface area contributed by atoms with Crippen molar-refractivity contribution in [3.63, 3.8) is 0 Å². The maximum Gasteiger partial charge on any atom is 0.252 e. The van der Waals surface area contributed by atoms with Crippen molar-refractivity contribution in [2.75, 3.05) is 6.61 Å².